The molecule has 0 bridgehead atoms. The van der Waals surface area contributed by atoms with Gasteiger partial charge in [0.25, 0.3) is 0 Å². The summed E-state index contributed by atoms with van der Waals surface area (Å²) in [4.78, 5) is 27.4. The summed E-state index contributed by atoms with van der Waals surface area (Å²) in [5, 5.41) is 3.36. The van der Waals surface area contributed by atoms with E-state index >= 15 is 0 Å². The Morgan fingerprint density at radius 1 is 1.06 bits per heavy atom. The minimum absolute atomic E-state index is 0.108. The van der Waals surface area contributed by atoms with Gasteiger partial charge in [0, 0.05) is 31.1 Å². The second-order valence-electron chi connectivity index (χ2n) is 8.39. The first-order valence-corrected chi connectivity index (χ1v) is 13.6. The van der Waals surface area contributed by atoms with Gasteiger partial charge in [-0.1, -0.05) is 48.4 Å². The van der Waals surface area contributed by atoms with E-state index in [4.69, 9.17) is 11.6 Å². The molecule has 0 aliphatic rings. The molecular weight excluding hydrogens is 474 g/mol. The second kappa shape index (κ2) is 12.8. The van der Waals surface area contributed by atoms with Gasteiger partial charge in [0.05, 0.1) is 11.9 Å². The average Bonchev–Trinajstić information content (AvgIpc) is 2.79. The molecule has 7 nitrogen and oxygen atoms in total. The molecule has 0 spiro atoms. The van der Waals surface area contributed by atoms with Crippen molar-refractivity contribution in [3.05, 3.63) is 64.7 Å². The Labute approximate surface area is 208 Å². The molecule has 0 aliphatic carbocycles. The molecule has 0 fully saturated rings. The number of aryl methyl sites for hydroxylation is 1. The van der Waals surface area contributed by atoms with Crippen molar-refractivity contribution < 1.29 is 18.0 Å². The highest BCUT2D eigenvalue weighted by Gasteiger charge is 2.26. The normalized spacial score (nSPS) is 12.1. The zero-order valence-electron chi connectivity index (χ0n) is 20.3. The fourth-order valence-corrected chi connectivity index (χ4v) is 4.57. The number of hydrogen-bond donors (Lipinski definition) is 1. The standard InChI is InChI=1S/C25H34ClN3O4S/c1-5-16-27-25(31)20(3)28(18-21-10-8-19(2)9-11-21)24(30)7-6-17-29(34(4,32)33)23-14-12-22(26)13-15-23/h8-15,20H,5-7,16-18H2,1-4H3,(H,27,31)/t20-/m0/s1. The van der Waals surface area contributed by atoms with E-state index in [2.05, 4.69) is 5.32 Å². The molecule has 0 unspecified atom stereocenters. The topological polar surface area (TPSA) is 86.8 Å². The fraction of sp³-hybridized carbons (Fsp3) is 0.440. The van der Waals surface area contributed by atoms with Crippen LogP contribution in [0.3, 0.4) is 0 Å². The molecule has 2 rings (SSSR count). The number of halogens is 1. The smallest absolute Gasteiger partial charge is 0.242 e. The summed E-state index contributed by atoms with van der Waals surface area (Å²) in [5.41, 5.74) is 2.52. The summed E-state index contributed by atoms with van der Waals surface area (Å²) in [6.07, 6.45) is 2.35. The van der Waals surface area contributed by atoms with Crippen LogP contribution in [0.15, 0.2) is 48.5 Å². The predicted molar refractivity (Wildman–Crippen MR) is 137 cm³/mol. The van der Waals surface area contributed by atoms with Gasteiger partial charge in [-0.15, -0.1) is 0 Å². The van der Waals surface area contributed by atoms with Crippen LogP contribution in [0.4, 0.5) is 5.69 Å². The fourth-order valence-electron chi connectivity index (χ4n) is 3.48. The number of nitrogens with one attached hydrogen (secondary N) is 1. The summed E-state index contributed by atoms with van der Waals surface area (Å²) >= 11 is 5.92. The first kappa shape index (κ1) is 27.7. The van der Waals surface area contributed by atoms with Crippen LogP contribution in [0.25, 0.3) is 0 Å². The lowest BCUT2D eigenvalue weighted by atomic mass is 10.1. The van der Waals surface area contributed by atoms with Crippen molar-refractivity contribution in [2.45, 2.75) is 52.6 Å². The molecule has 186 valence electrons. The molecule has 0 saturated carbocycles. The number of hydrogen-bond acceptors (Lipinski definition) is 4. The summed E-state index contributed by atoms with van der Waals surface area (Å²) in [5.74, 6) is -0.412. The van der Waals surface area contributed by atoms with Crippen LogP contribution in [0.2, 0.25) is 5.02 Å². The maximum Gasteiger partial charge on any atom is 0.242 e. The van der Waals surface area contributed by atoms with E-state index in [0.29, 0.717) is 30.2 Å². The number of carbonyl (C=O) groups excluding carboxylic acids is 2. The zero-order chi connectivity index (χ0) is 25.3. The predicted octanol–water partition coefficient (Wildman–Crippen LogP) is 4.14. The molecule has 1 atom stereocenters. The van der Waals surface area contributed by atoms with Crippen LogP contribution in [0, 0.1) is 6.92 Å². The highest BCUT2D eigenvalue weighted by molar-refractivity contribution is 7.92. The Bertz CT molecular complexity index is 1060. The number of benzene rings is 2. The molecule has 2 aromatic carbocycles. The van der Waals surface area contributed by atoms with Crippen molar-refractivity contribution in [2.24, 2.45) is 0 Å². The molecule has 9 heteroatoms. The minimum atomic E-state index is -3.54. The van der Waals surface area contributed by atoms with Crippen molar-refractivity contribution in [1.82, 2.24) is 10.2 Å². The lowest BCUT2D eigenvalue weighted by Gasteiger charge is -2.29. The molecule has 34 heavy (non-hydrogen) atoms. The molecule has 0 heterocycles. The third kappa shape index (κ3) is 8.33. The second-order valence-corrected chi connectivity index (χ2v) is 10.7. The molecule has 0 aliphatic heterocycles. The van der Waals surface area contributed by atoms with E-state index in [1.54, 1.807) is 36.1 Å². The van der Waals surface area contributed by atoms with Crippen molar-refractivity contribution in [3.63, 3.8) is 0 Å². The van der Waals surface area contributed by atoms with Crippen LogP contribution in [-0.4, -0.2) is 50.5 Å². The van der Waals surface area contributed by atoms with E-state index in [1.807, 2.05) is 38.1 Å². The van der Waals surface area contributed by atoms with E-state index in [0.717, 1.165) is 23.8 Å². The first-order chi connectivity index (χ1) is 16.0. The van der Waals surface area contributed by atoms with E-state index < -0.39 is 16.1 Å². The van der Waals surface area contributed by atoms with E-state index in [-0.39, 0.29) is 24.8 Å². The Morgan fingerprint density at radius 2 is 1.68 bits per heavy atom. The summed E-state index contributed by atoms with van der Waals surface area (Å²) in [6, 6.07) is 13.7. The van der Waals surface area contributed by atoms with Crippen LogP contribution in [-0.2, 0) is 26.2 Å². The first-order valence-electron chi connectivity index (χ1n) is 11.4. The number of amides is 2. The molecule has 2 amide bonds. The molecule has 0 radical (unpaired) electrons. The number of rotatable bonds is 12. The monoisotopic (exact) mass is 507 g/mol. The molecule has 0 saturated heterocycles. The van der Waals surface area contributed by atoms with Gasteiger partial charge in [-0.2, -0.15) is 0 Å². The van der Waals surface area contributed by atoms with Crippen molar-refractivity contribution in [1.29, 1.82) is 0 Å². The largest absolute Gasteiger partial charge is 0.354 e. The maximum atomic E-state index is 13.2. The number of anilines is 1. The van der Waals surface area contributed by atoms with Gasteiger partial charge in [-0.05, 0) is 56.5 Å². The van der Waals surface area contributed by atoms with Crippen molar-refractivity contribution >= 4 is 39.1 Å². The third-order valence-electron chi connectivity index (χ3n) is 5.46. The Hall–Kier alpha value is -2.58. The molecule has 2 aromatic rings. The molecule has 1 N–H and O–H groups in total. The summed E-state index contributed by atoms with van der Waals surface area (Å²) < 4.78 is 25.9. The maximum absolute atomic E-state index is 13.2. The van der Waals surface area contributed by atoms with Gasteiger partial charge in [-0.3, -0.25) is 13.9 Å². The third-order valence-corrected chi connectivity index (χ3v) is 6.90. The van der Waals surface area contributed by atoms with Gasteiger partial charge in [0.15, 0.2) is 0 Å². The summed E-state index contributed by atoms with van der Waals surface area (Å²) in [7, 11) is -3.54. The van der Waals surface area contributed by atoms with E-state index in [1.165, 1.54) is 4.31 Å². The van der Waals surface area contributed by atoms with Gasteiger partial charge in [0.2, 0.25) is 21.8 Å². The van der Waals surface area contributed by atoms with E-state index in [9.17, 15) is 18.0 Å². The highest BCUT2D eigenvalue weighted by atomic mass is 35.5. The number of sulfonamides is 1. The Balaban J connectivity index is 2.13. The van der Waals surface area contributed by atoms with Gasteiger partial charge in [-0.25, -0.2) is 8.42 Å². The van der Waals surface area contributed by atoms with Crippen LogP contribution >= 0.6 is 11.6 Å². The lowest BCUT2D eigenvalue weighted by molar-refractivity contribution is -0.140. The Morgan fingerprint density at radius 3 is 2.24 bits per heavy atom. The summed E-state index contributed by atoms with van der Waals surface area (Å²) in [6.45, 7) is 6.65. The number of carbonyl (C=O) groups is 2. The Kier molecular flexibility index (Phi) is 10.4. The van der Waals surface area contributed by atoms with Gasteiger partial charge < -0.3 is 10.2 Å². The highest BCUT2D eigenvalue weighted by Crippen LogP contribution is 2.21. The van der Waals surface area contributed by atoms with Gasteiger partial charge >= 0.3 is 0 Å². The van der Waals surface area contributed by atoms with Crippen molar-refractivity contribution in [2.75, 3.05) is 23.7 Å². The SMILES string of the molecule is CCCNC(=O)[C@H](C)N(Cc1ccc(C)cc1)C(=O)CCCN(c1ccc(Cl)cc1)S(C)(=O)=O. The average molecular weight is 508 g/mol. The lowest BCUT2D eigenvalue weighted by Crippen LogP contribution is -2.47. The quantitative estimate of drug-likeness (QED) is 0.467. The van der Waals surface area contributed by atoms with Crippen LogP contribution in [0.1, 0.15) is 44.2 Å². The molecular formula is C25H34ClN3O4S. The van der Waals surface area contributed by atoms with Crippen molar-refractivity contribution in [3.8, 4) is 0 Å². The molecule has 0 aromatic heterocycles. The zero-order valence-corrected chi connectivity index (χ0v) is 21.8. The van der Waals surface area contributed by atoms with Crippen LogP contribution < -0.4 is 9.62 Å². The number of nitrogens with zero attached hydrogens (tertiary/aromatic N) is 2. The minimum Gasteiger partial charge on any atom is -0.354 e. The van der Waals surface area contributed by atoms with Crippen LogP contribution in [0.5, 0.6) is 0 Å². The van der Waals surface area contributed by atoms with Gasteiger partial charge in [0.1, 0.15) is 6.04 Å².